The maximum absolute atomic E-state index is 11.4. The average molecular weight is 351 g/mol. The Labute approximate surface area is 131 Å². The van der Waals surface area contributed by atoms with Gasteiger partial charge >= 0.3 is 5.97 Å². The topological polar surface area (TPSA) is 55.8 Å². The van der Waals surface area contributed by atoms with Crippen LogP contribution in [0.15, 0.2) is 53.0 Å². The normalized spacial score (nSPS) is 11.7. The van der Waals surface area contributed by atoms with Gasteiger partial charge in [0.1, 0.15) is 11.5 Å². The lowest BCUT2D eigenvalue weighted by atomic mass is 10.1. The SMILES string of the molecule is COc1ccc(O[C@H](Cc2cccc(Br)c2)C(=O)O)cc1. The summed E-state index contributed by atoms with van der Waals surface area (Å²) in [7, 11) is 1.57. The number of aliphatic carboxylic acids is 1. The number of carbonyl (C=O) groups is 1. The number of carboxylic acid groups (broad SMARTS) is 1. The predicted octanol–water partition coefficient (Wildman–Crippen LogP) is 3.53. The summed E-state index contributed by atoms with van der Waals surface area (Å²) >= 11 is 3.37. The highest BCUT2D eigenvalue weighted by Crippen LogP contribution is 2.20. The van der Waals surface area contributed by atoms with Gasteiger partial charge in [-0.3, -0.25) is 0 Å². The lowest BCUT2D eigenvalue weighted by Crippen LogP contribution is -2.29. The predicted molar refractivity (Wildman–Crippen MR) is 82.9 cm³/mol. The first kappa shape index (κ1) is 15.4. The summed E-state index contributed by atoms with van der Waals surface area (Å²) in [6.07, 6.45) is -0.645. The number of benzene rings is 2. The Morgan fingerprint density at radius 3 is 2.43 bits per heavy atom. The molecule has 0 saturated heterocycles. The molecule has 0 unspecified atom stereocenters. The van der Waals surface area contributed by atoms with E-state index in [9.17, 15) is 9.90 Å². The van der Waals surface area contributed by atoms with Gasteiger partial charge in [0.15, 0.2) is 6.10 Å². The number of ether oxygens (including phenoxy) is 2. The molecule has 0 aliphatic heterocycles. The molecule has 0 aliphatic rings. The van der Waals surface area contributed by atoms with E-state index >= 15 is 0 Å². The van der Waals surface area contributed by atoms with Crippen LogP contribution in [-0.4, -0.2) is 24.3 Å². The summed E-state index contributed by atoms with van der Waals surface area (Å²) < 4.78 is 11.5. The maximum Gasteiger partial charge on any atom is 0.345 e. The zero-order valence-corrected chi connectivity index (χ0v) is 13.0. The van der Waals surface area contributed by atoms with E-state index in [1.165, 1.54) is 0 Å². The minimum atomic E-state index is -0.995. The Balaban J connectivity index is 2.10. The molecule has 110 valence electrons. The van der Waals surface area contributed by atoms with Gasteiger partial charge in [-0.05, 0) is 42.0 Å². The van der Waals surface area contributed by atoms with E-state index in [4.69, 9.17) is 9.47 Å². The molecule has 21 heavy (non-hydrogen) atoms. The number of rotatable bonds is 6. The molecule has 0 aromatic heterocycles. The van der Waals surface area contributed by atoms with Gasteiger partial charge in [0.25, 0.3) is 0 Å². The average Bonchev–Trinajstić information content (AvgIpc) is 2.47. The van der Waals surface area contributed by atoms with E-state index in [1.54, 1.807) is 31.4 Å². The lowest BCUT2D eigenvalue weighted by molar-refractivity contribution is -0.145. The van der Waals surface area contributed by atoms with E-state index in [2.05, 4.69) is 15.9 Å². The number of hydrogen-bond acceptors (Lipinski definition) is 3. The molecular formula is C16H15BrO4. The first-order valence-corrected chi connectivity index (χ1v) is 7.16. The molecule has 1 atom stereocenters. The zero-order valence-electron chi connectivity index (χ0n) is 11.5. The lowest BCUT2D eigenvalue weighted by Gasteiger charge is -2.15. The Morgan fingerprint density at radius 1 is 1.19 bits per heavy atom. The van der Waals surface area contributed by atoms with Crippen LogP contribution in [0.5, 0.6) is 11.5 Å². The molecular weight excluding hydrogens is 336 g/mol. The minimum Gasteiger partial charge on any atom is -0.497 e. The van der Waals surface area contributed by atoms with Gasteiger partial charge in [-0.1, -0.05) is 28.1 Å². The highest BCUT2D eigenvalue weighted by Gasteiger charge is 2.20. The van der Waals surface area contributed by atoms with E-state index in [1.807, 2.05) is 24.3 Å². The van der Waals surface area contributed by atoms with Crippen LogP contribution in [0.25, 0.3) is 0 Å². The fourth-order valence-electron chi connectivity index (χ4n) is 1.88. The largest absolute Gasteiger partial charge is 0.497 e. The van der Waals surface area contributed by atoms with Crippen molar-refractivity contribution in [3.05, 3.63) is 58.6 Å². The van der Waals surface area contributed by atoms with Crippen LogP contribution in [0.3, 0.4) is 0 Å². The van der Waals surface area contributed by atoms with Crippen molar-refractivity contribution in [1.29, 1.82) is 0 Å². The second kappa shape index (κ2) is 7.13. The van der Waals surface area contributed by atoms with Crippen LogP contribution >= 0.6 is 15.9 Å². The molecule has 0 radical (unpaired) electrons. The molecule has 0 amide bonds. The molecule has 0 heterocycles. The molecule has 0 fully saturated rings. The van der Waals surface area contributed by atoms with Crippen molar-refractivity contribution >= 4 is 21.9 Å². The molecule has 0 aliphatic carbocycles. The highest BCUT2D eigenvalue weighted by atomic mass is 79.9. The zero-order chi connectivity index (χ0) is 15.2. The van der Waals surface area contributed by atoms with Gasteiger partial charge in [0, 0.05) is 10.9 Å². The minimum absolute atomic E-state index is 0.292. The number of halogens is 1. The second-order valence-electron chi connectivity index (χ2n) is 4.45. The number of hydrogen-bond donors (Lipinski definition) is 1. The highest BCUT2D eigenvalue weighted by molar-refractivity contribution is 9.10. The first-order chi connectivity index (χ1) is 10.1. The third-order valence-electron chi connectivity index (χ3n) is 2.92. The van der Waals surface area contributed by atoms with Gasteiger partial charge in [-0.15, -0.1) is 0 Å². The quantitative estimate of drug-likeness (QED) is 0.865. The van der Waals surface area contributed by atoms with Crippen molar-refractivity contribution in [1.82, 2.24) is 0 Å². The molecule has 4 nitrogen and oxygen atoms in total. The molecule has 2 rings (SSSR count). The fraction of sp³-hybridized carbons (Fsp3) is 0.188. The molecule has 2 aromatic carbocycles. The molecule has 0 spiro atoms. The summed E-state index contributed by atoms with van der Waals surface area (Å²) in [6, 6.07) is 14.4. The van der Waals surface area contributed by atoms with E-state index < -0.39 is 12.1 Å². The van der Waals surface area contributed by atoms with Crippen molar-refractivity contribution in [3.8, 4) is 11.5 Å². The van der Waals surface area contributed by atoms with Crippen molar-refractivity contribution < 1.29 is 19.4 Å². The van der Waals surface area contributed by atoms with Crippen LogP contribution in [0.1, 0.15) is 5.56 Å². The van der Waals surface area contributed by atoms with E-state index in [-0.39, 0.29) is 0 Å². The molecule has 0 saturated carbocycles. The van der Waals surface area contributed by atoms with Crippen molar-refractivity contribution in [2.24, 2.45) is 0 Å². The molecule has 1 N–H and O–H groups in total. The van der Waals surface area contributed by atoms with Crippen molar-refractivity contribution in [2.75, 3.05) is 7.11 Å². The smallest absolute Gasteiger partial charge is 0.345 e. The van der Waals surface area contributed by atoms with Gasteiger partial charge in [0.05, 0.1) is 7.11 Å². The monoisotopic (exact) mass is 350 g/mol. The Bertz CT molecular complexity index is 610. The molecule has 2 aromatic rings. The van der Waals surface area contributed by atoms with Gasteiger partial charge in [-0.2, -0.15) is 0 Å². The Hall–Kier alpha value is -2.01. The van der Waals surface area contributed by atoms with Crippen LogP contribution in [-0.2, 0) is 11.2 Å². The first-order valence-electron chi connectivity index (χ1n) is 6.36. The standard InChI is InChI=1S/C16H15BrO4/c1-20-13-5-7-14(8-6-13)21-15(16(18)19)10-11-3-2-4-12(17)9-11/h2-9,15H,10H2,1H3,(H,18,19)/t15-/m1/s1. The summed E-state index contributed by atoms with van der Waals surface area (Å²) in [6.45, 7) is 0. The van der Waals surface area contributed by atoms with Crippen LogP contribution in [0.2, 0.25) is 0 Å². The van der Waals surface area contributed by atoms with Crippen molar-refractivity contribution in [3.63, 3.8) is 0 Å². The Morgan fingerprint density at radius 2 is 1.86 bits per heavy atom. The Kier molecular flexibility index (Phi) is 5.22. The summed E-state index contributed by atoms with van der Waals surface area (Å²) in [5.41, 5.74) is 0.894. The van der Waals surface area contributed by atoms with Gasteiger partial charge < -0.3 is 14.6 Å². The third kappa shape index (κ3) is 4.49. The summed E-state index contributed by atoms with van der Waals surface area (Å²) in [5, 5.41) is 9.30. The number of methoxy groups -OCH3 is 1. The van der Waals surface area contributed by atoms with Crippen molar-refractivity contribution in [2.45, 2.75) is 12.5 Å². The summed E-state index contributed by atoms with van der Waals surface area (Å²) in [4.78, 5) is 11.4. The molecule has 5 heteroatoms. The fourth-order valence-corrected chi connectivity index (χ4v) is 2.32. The van der Waals surface area contributed by atoms with Crippen LogP contribution < -0.4 is 9.47 Å². The van der Waals surface area contributed by atoms with Gasteiger partial charge in [0.2, 0.25) is 0 Å². The number of carboxylic acids is 1. The second-order valence-corrected chi connectivity index (χ2v) is 5.37. The summed E-state index contributed by atoms with van der Waals surface area (Å²) in [5.74, 6) is 0.199. The van der Waals surface area contributed by atoms with Crippen LogP contribution in [0, 0.1) is 0 Å². The van der Waals surface area contributed by atoms with E-state index in [0.29, 0.717) is 17.9 Å². The third-order valence-corrected chi connectivity index (χ3v) is 3.42. The van der Waals surface area contributed by atoms with E-state index in [0.717, 1.165) is 10.0 Å². The van der Waals surface area contributed by atoms with Gasteiger partial charge in [-0.25, -0.2) is 4.79 Å². The molecule has 0 bridgehead atoms. The maximum atomic E-state index is 11.4. The van der Waals surface area contributed by atoms with Crippen LogP contribution in [0.4, 0.5) is 0 Å².